The van der Waals surface area contributed by atoms with Gasteiger partial charge in [0.15, 0.2) is 0 Å². The van der Waals surface area contributed by atoms with Gasteiger partial charge >= 0.3 is 5.97 Å². The Morgan fingerprint density at radius 1 is 1.30 bits per heavy atom. The highest BCUT2D eigenvalue weighted by atomic mass is 16.4. The lowest BCUT2D eigenvalue weighted by atomic mass is 10.0. The number of carboxylic acid groups (broad SMARTS) is 1. The van der Waals surface area contributed by atoms with Gasteiger partial charge in [0.1, 0.15) is 11.4 Å². The van der Waals surface area contributed by atoms with Gasteiger partial charge in [-0.3, -0.25) is 9.79 Å². The van der Waals surface area contributed by atoms with Gasteiger partial charge < -0.3 is 20.0 Å². The summed E-state index contributed by atoms with van der Waals surface area (Å²) in [5.74, 6) is -0.325. The number of aliphatic imine (C=N–C) groups is 1. The third-order valence-corrected chi connectivity index (χ3v) is 4.98. The third kappa shape index (κ3) is 2.81. The van der Waals surface area contributed by atoms with Crippen molar-refractivity contribution in [2.45, 2.75) is 13.3 Å². The van der Waals surface area contributed by atoms with Crippen LogP contribution in [-0.2, 0) is 13.5 Å². The zero-order valence-corrected chi connectivity index (χ0v) is 15.2. The number of aryl methyl sites for hydroxylation is 2. The Balaban J connectivity index is 1.86. The van der Waals surface area contributed by atoms with E-state index in [1.54, 1.807) is 0 Å². The largest absolute Gasteiger partial charge is 0.477 e. The van der Waals surface area contributed by atoms with E-state index in [9.17, 15) is 14.7 Å². The molecule has 1 aliphatic heterocycles. The molecule has 0 saturated heterocycles. The number of hydrogen-bond donors (Lipinski definition) is 3. The number of aromatic nitrogens is 2. The molecule has 1 aromatic carbocycles. The van der Waals surface area contributed by atoms with Gasteiger partial charge in [0, 0.05) is 24.5 Å². The number of fused-ring (bicyclic) bond motifs is 1. The van der Waals surface area contributed by atoms with E-state index >= 15 is 0 Å². The van der Waals surface area contributed by atoms with Crippen LogP contribution in [0.2, 0.25) is 0 Å². The molecule has 0 fully saturated rings. The molecular formula is C20H20N4O3. The zero-order chi connectivity index (χ0) is 19.1. The van der Waals surface area contributed by atoms with Crippen molar-refractivity contribution in [1.29, 1.82) is 0 Å². The van der Waals surface area contributed by atoms with Crippen molar-refractivity contribution in [3.8, 4) is 11.3 Å². The van der Waals surface area contributed by atoms with Crippen LogP contribution in [0.1, 0.15) is 28.5 Å². The number of benzene rings is 1. The molecule has 0 radical (unpaired) electrons. The third-order valence-electron chi connectivity index (χ3n) is 4.98. The highest BCUT2D eigenvalue weighted by molar-refractivity contribution is 6.03. The average Bonchev–Trinajstić information content (AvgIpc) is 3.29. The molecule has 138 valence electrons. The van der Waals surface area contributed by atoms with Crippen molar-refractivity contribution < 1.29 is 9.90 Å². The van der Waals surface area contributed by atoms with E-state index in [-0.39, 0.29) is 5.56 Å². The monoisotopic (exact) mass is 364 g/mol. The minimum absolute atomic E-state index is 0.232. The van der Waals surface area contributed by atoms with Crippen molar-refractivity contribution in [3.05, 3.63) is 57.5 Å². The first-order valence-corrected chi connectivity index (χ1v) is 8.87. The Bertz CT molecular complexity index is 1150. The predicted molar refractivity (Wildman–Crippen MR) is 105 cm³/mol. The van der Waals surface area contributed by atoms with Gasteiger partial charge in [-0.15, -0.1) is 0 Å². The van der Waals surface area contributed by atoms with Crippen LogP contribution in [0.15, 0.2) is 40.1 Å². The summed E-state index contributed by atoms with van der Waals surface area (Å²) in [6.07, 6.45) is 0.616. The van der Waals surface area contributed by atoms with Crippen LogP contribution < -0.4 is 10.9 Å². The topological polar surface area (TPSA) is 99.5 Å². The predicted octanol–water partition coefficient (Wildman–Crippen LogP) is 2.14. The number of aromatic amines is 1. The van der Waals surface area contributed by atoms with Crippen LogP contribution in [0.4, 0.5) is 0 Å². The van der Waals surface area contributed by atoms with E-state index in [1.807, 2.05) is 32.2 Å². The van der Waals surface area contributed by atoms with E-state index in [2.05, 4.69) is 25.9 Å². The van der Waals surface area contributed by atoms with Crippen LogP contribution in [-0.4, -0.2) is 39.6 Å². The lowest BCUT2D eigenvalue weighted by Gasteiger charge is -2.10. The van der Waals surface area contributed by atoms with Crippen molar-refractivity contribution in [3.63, 3.8) is 0 Å². The quantitative estimate of drug-likeness (QED) is 0.660. The van der Waals surface area contributed by atoms with Crippen LogP contribution in [0.25, 0.3) is 22.2 Å². The van der Waals surface area contributed by atoms with Crippen molar-refractivity contribution in [2.24, 2.45) is 12.0 Å². The summed E-state index contributed by atoms with van der Waals surface area (Å²) in [7, 11) is 2.00. The molecule has 2 aromatic heterocycles. The first-order chi connectivity index (χ1) is 13.0. The van der Waals surface area contributed by atoms with Gasteiger partial charge in [0.05, 0.1) is 17.9 Å². The fourth-order valence-corrected chi connectivity index (χ4v) is 3.57. The molecule has 0 amide bonds. The summed E-state index contributed by atoms with van der Waals surface area (Å²) < 4.78 is 2.09. The normalized spacial score (nSPS) is 13.6. The molecule has 0 atom stereocenters. The lowest BCUT2D eigenvalue weighted by molar-refractivity contribution is 0.0695. The molecule has 0 aliphatic carbocycles. The number of amidine groups is 1. The number of hydrogen-bond acceptors (Lipinski definition) is 4. The number of carbonyl (C=O) groups is 1. The Morgan fingerprint density at radius 2 is 2.11 bits per heavy atom. The lowest BCUT2D eigenvalue weighted by Crippen LogP contribution is -2.21. The van der Waals surface area contributed by atoms with E-state index in [0.29, 0.717) is 12.1 Å². The molecule has 7 heteroatoms. The summed E-state index contributed by atoms with van der Waals surface area (Å²) in [6, 6.07) is 9.51. The fourth-order valence-electron chi connectivity index (χ4n) is 3.57. The molecule has 0 bridgehead atoms. The maximum Gasteiger partial charge on any atom is 0.341 e. The number of H-pyrrole nitrogens is 1. The highest BCUT2D eigenvalue weighted by Crippen LogP contribution is 2.28. The summed E-state index contributed by atoms with van der Waals surface area (Å²) in [4.78, 5) is 30.6. The van der Waals surface area contributed by atoms with E-state index in [0.717, 1.165) is 46.6 Å². The van der Waals surface area contributed by atoms with Crippen molar-refractivity contribution in [1.82, 2.24) is 14.9 Å². The van der Waals surface area contributed by atoms with Crippen LogP contribution in [0.5, 0.6) is 0 Å². The second-order valence-electron chi connectivity index (χ2n) is 6.59. The van der Waals surface area contributed by atoms with Crippen LogP contribution in [0.3, 0.4) is 0 Å². The maximum atomic E-state index is 12.2. The summed E-state index contributed by atoms with van der Waals surface area (Å²) in [6.45, 7) is 3.56. The van der Waals surface area contributed by atoms with Gasteiger partial charge in [-0.1, -0.05) is 13.0 Å². The Hall–Kier alpha value is -3.35. The number of carboxylic acids is 1. The van der Waals surface area contributed by atoms with Gasteiger partial charge in [0.25, 0.3) is 5.56 Å². The maximum absolute atomic E-state index is 12.2. The van der Waals surface area contributed by atoms with Gasteiger partial charge in [-0.05, 0) is 41.8 Å². The molecule has 7 nitrogen and oxygen atoms in total. The molecule has 0 spiro atoms. The highest BCUT2D eigenvalue weighted by Gasteiger charge is 2.17. The summed E-state index contributed by atoms with van der Waals surface area (Å²) in [5, 5.41) is 13.5. The SMILES string of the molecule is CCc1cc(C(=O)O)c(=O)[nH]c1-c1ccc2c(c1)cc(C1=NCCN1)n2C. The summed E-state index contributed by atoms with van der Waals surface area (Å²) >= 11 is 0. The first kappa shape index (κ1) is 17.1. The molecule has 0 unspecified atom stereocenters. The number of aromatic carboxylic acids is 1. The minimum atomic E-state index is -1.22. The smallest absolute Gasteiger partial charge is 0.341 e. The van der Waals surface area contributed by atoms with Crippen LogP contribution in [0, 0.1) is 0 Å². The molecule has 3 aromatic rings. The number of rotatable bonds is 4. The van der Waals surface area contributed by atoms with Gasteiger partial charge in [0.2, 0.25) is 0 Å². The minimum Gasteiger partial charge on any atom is -0.477 e. The van der Waals surface area contributed by atoms with Gasteiger partial charge in [-0.25, -0.2) is 4.79 Å². The zero-order valence-electron chi connectivity index (χ0n) is 15.2. The number of nitrogens with one attached hydrogen (secondary N) is 2. The second-order valence-corrected chi connectivity index (χ2v) is 6.59. The Morgan fingerprint density at radius 3 is 2.78 bits per heavy atom. The van der Waals surface area contributed by atoms with Crippen molar-refractivity contribution >= 4 is 22.7 Å². The molecule has 4 rings (SSSR count). The molecular weight excluding hydrogens is 344 g/mol. The van der Waals surface area contributed by atoms with Gasteiger partial charge in [-0.2, -0.15) is 0 Å². The number of pyridine rings is 1. The molecule has 3 N–H and O–H groups in total. The average molecular weight is 364 g/mol. The van der Waals surface area contributed by atoms with Crippen molar-refractivity contribution in [2.75, 3.05) is 13.1 Å². The number of nitrogens with zero attached hydrogens (tertiary/aromatic N) is 2. The second kappa shape index (κ2) is 6.42. The first-order valence-electron chi connectivity index (χ1n) is 8.87. The molecule has 0 saturated carbocycles. The van der Waals surface area contributed by atoms with E-state index < -0.39 is 11.5 Å². The molecule has 1 aliphatic rings. The molecule has 27 heavy (non-hydrogen) atoms. The summed E-state index contributed by atoms with van der Waals surface area (Å²) in [5.41, 5.74) is 3.57. The molecule has 3 heterocycles. The standard InChI is InChI=1S/C20H20N4O3/c1-3-11-9-14(20(26)27)19(25)23-17(11)12-4-5-15-13(8-12)10-16(24(15)2)18-21-6-7-22-18/h4-5,8-10H,3,6-7H2,1-2H3,(H,21,22)(H,23,25)(H,26,27). The fraction of sp³-hybridized carbons (Fsp3) is 0.250. The van der Waals surface area contributed by atoms with E-state index in [1.165, 1.54) is 6.07 Å². The van der Waals surface area contributed by atoms with Crippen LogP contribution >= 0.6 is 0 Å². The Kier molecular flexibility index (Phi) is 4.07. The Labute approximate surface area is 155 Å². The van der Waals surface area contributed by atoms with E-state index in [4.69, 9.17) is 0 Å².